The topological polar surface area (TPSA) is 30.0 Å². The van der Waals surface area contributed by atoms with Crippen molar-refractivity contribution < 1.29 is 31.1 Å². The molecule has 0 fully saturated rings. The van der Waals surface area contributed by atoms with Crippen molar-refractivity contribution in [2.75, 3.05) is 0 Å². The number of carbonyl (C=O) groups is 1. The molecule has 0 aliphatic heterocycles. The molecule has 0 saturated heterocycles. The quantitative estimate of drug-likeness (QED) is 0.454. The molecule has 0 aliphatic rings. The van der Waals surface area contributed by atoms with E-state index in [-0.39, 0.29) is 12.4 Å². The normalized spacial score (nSPS) is 11.9. The van der Waals surface area contributed by atoms with Crippen molar-refractivity contribution in [2.45, 2.75) is 12.6 Å². The van der Waals surface area contributed by atoms with Crippen LogP contribution in [0.2, 0.25) is 0 Å². The van der Waals surface area contributed by atoms with E-state index < -0.39 is 35.4 Å². The molecule has 0 aliphatic carbocycles. The zero-order chi connectivity index (χ0) is 12.5. The third kappa shape index (κ3) is 2.31. The van der Waals surface area contributed by atoms with Gasteiger partial charge in [0.1, 0.15) is 0 Å². The minimum absolute atomic E-state index is 0.142. The largest absolute Gasteiger partial charge is 0.433 e. The van der Waals surface area contributed by atoms with Crippen molar-refractivity contribution in [3.63, 3.8) is 0 Å². The molecule has 0 N–H and O–H groups in total. The Morgan fingerprint density at radius 1 is 1.31 bits per heavy atom. The first-order valence-corrected chi connectivity index (χ1v) is 3.78. The van der Waals surface area contributed by atoms with Gasteiger partial charge in [0.2, 0.25) is 5.95 Å². The van der Waals surface area contributed by atoms with Crippen molar-refractivity contribution in [2.24, 2.45) is 0 Å². The Morgan fingerprint density at radius 3 is 2.25 bits per heavy atom. The van der Waals surface area contributed by atoms with Gasteiger partial charge in [-0.3, -0.25) is 4.79 Å². The summed E-state index contributed by atoms with van der Waals surface area (Å²) >= 11 is 0. The lowest BCUT2D eigenvalue weighted by molar-refractivity contribution is -0.143. The van der Waals surface area contributed by atoms with Crippen molar-refractivity contribution in [1.29, 1.82) is 0 Å². The number of halogens is 6. The average molecular weight is 243 g/mol. The monoisotopic (exact) mass is 243 g/mol. The molecule has 1 rings (SSSR count). The van der Waals surface area contributed by atoms with Gasteiger partial charge < -0.3 is 0 Å². The Balaban J connectivity index is 3.48. The van der Waals surface area contributed by atoms with Gasteiger partial charge in [-0.1, -0.05) is 0 Å². The van der Waals surface area contributed by atoms with Crippen LogP contribution in [0.15, 0.2) is 6.07 Å². The summed E-state index contributed by atoms with van der Waals surface area (Å²) in [6.45, 7) is 0. The van der Waals surface area contributed by atoms with E-state index in [1.54, 1.807) is 0 Å². The third-order valence-corrected chi connectivity index (χ3v) is 1.66. The summed E-state index contributed by atoms with van der Waals surface area (Å²) in [5, 5.41) is 0. The second-order valence-electron chi connectivity index (χ2n) is 2.72. The lowest BCUT2D eigenvalue weighted by Crippen LogP contribution is -2.15. The van der Waals surface area contributed by atoms with E-state index in [1.807, 2.05) is 0 Å². The first kappa shape index (κ1) is 12.5. The Bertz CT molecular complexity index is 414. The van der Waals surface area contributed by atoms with Gasteiger partial charge in [0.05, 0.1) is 5.56 Å². The molecular weight excluding hydrogens is 240 g/mol. The lowest BCUT2D eigenvalue weighted by Gasteiger charge is -2.11. The highest BCUT2D eigenvalue weighted by molar-refractivity contribution is 5.75. The van der Waals surface area contributed by atoms with Crippen LogP contribution in [0.25, 0.3) is 0 Å². The summed E-state index contributed by atoms with van der Waals surface area (Å²) in [7, 11) is 0. The number of hydrogen-bond donors (Lipinski definition) is 0. The molecule has 0 unspecified atom stereocenters. The van der Waals surface area contributed by atoms with Gasteiger partial charge in [-0.15, -0.1) is 0 Å². The van der Waals surface area contributed by atoms with E-state index in [2.05, 4.69) is 4.98 Å². The van der Waals surface area contributed by atoms with Crippen LogP contribution < -0.4 is 0 Å². The van der Waals surface area contributed by atoms with Crippen LogP contribution in [0.3, 0.4) is 0 Å². The van der Waals surface area contributed by atoms with E-state index in [9.17, 15) is 31.1 Å². The van der Waals surface area contributed by atoms with Crippen molar-refractivity contribution in [3.8, 4) is 0 Å². The maximum atomic E-state index is 12.7. The number of nitrogens with zero attached hydrogens (tertiary/aromatic N) is 1. The van der Waals surface area contributed by atoms with Crippen LogP contribution in [-0.4, -0.2) is 11.3 Å². The molecule has 1 aromatic heterocycles. The number of aldehydes is 1. The number of hydrogen-bond acceptors (Lipinski definition) is 2. The molecule has 0 spiro atoms. The average Bonchev–Trinajstić information content (AvgIpc) is 2.15. The highest BCUT2D eigenvalue weighted by Gasteiger charge is 2.38. The minimum Gasteiger partial charge on any atom is -0.298 e. The van der Waals surface area contributed by atoms with Gasteiger partial charge in [-0.2, -0.15) is 17.6 Å². The van der Waals surface area contributed by atoms with Crippen molar-refractivity contribution in [1.82, 2.24) is 4.98 Å². The summed E-state index contributed by atoms with van der Waals surface area (Å²) in [6.07, 6.45) is -8.88. The Kier molecular flexibility index (Phi) is 3.20. The predicted molar refractivity (Wildman–Crippen MR) is 39.5 cm³/mol. The molecule has 0 saturated carbocycles. The minimum atomic E-state index is -5.20. The number of aromatic nitrogens is 1. The van der Waals surface area contributed by atoms with Crippen LogP contribution in [0, 0.1) is 5.95 Å². The molecule has 0 radical (unpaired) electrons. The number of rotatable bonds is 2. The second kappa shape index (κ2) is 4.11. The van der Waals surface area contributed by atoms with Crippen molar-refractivity contribution >= 4 is 6.29 Å². The second-order valence-corrected chi connectivity index (χ2v) is 2.72. The predicted octanol–water partition coefficient (Wildman–Crippen LogP) is 2.99. The van der Waals surface area contributed by atoms with Gasteiger partial charge >= 0.3 is 6.18 Å². The van der Waals surface area contributed by atoms with E-state index in [0.717, 1.165) is 0 Å². The summed E-state index contributed by atoms with van der Waals surface area (Å²) in [6, 6.07) is 0.142. The molecule has 16 heavy (non-hydrogen) atoms. The summed E-state index contributed by atoms with van der Waals surface area (Å²) in [5.74, 6) is -1.73. The van der Waals surface area contributed by atoms with E-state index >= 15 is 0 Å². The SMILES string of the molecule is O=Cc1cc(C(F)F)c(C(F)(F)F)nc1F. The van der Waals surface area contributed by atoms with Gasteiger partial charge in [-0.25, -0.2) is 13.8 Å². The molecule has 1 heterocycles. The molecule has 0 atom stereocenters. The number of carbonyl (C=O) groups excluding carboxylic acids is 1. The fourth-order valence-electron chi connectivity index (χ4n) is 0.999. The maximum Gasteiger partial charge on any atom is 0.433 e. The Labute approximate surface area is 84.9 Å². The van der Waals surface area contributed by atoms with E-state index in [0.29, 0.717) is 0 Å². The fourth-order valence-corrected chi connectivity index (χ4v) is 0.999. The zero-order valence-corrected chi connectivity index (χ0v) is 7.36. The molecule has 8 heteroatoms. The lowest BCUT2D eigenvalue weighted by atomic mass is 10.1. The van der Waals surface area contributed by atoms with Gasteiger partial charge in [0.25, 0.3) is 6.43 Å². The smallest absolute Gasteiger partial charge is 0.298 e. The third-order valence-electron chi connectivity index (χ3n) is 1.66. The first-order chi connectivity index (χ1) is 7.27. The van der Waals surface area contributed by atoms with Gasteiger partial charge in [-0.05, 0) is 6.07 Å². The molecule has 0 bridgehead atoms. The number of pyridine rings is 1. The maximum absolute atomic E-state index is 12.7. The van der Waals surface area contributed by atoms with Crippen LogP contribution in [0.5, 0.6) is 0 Å². The molecule has 88 valence electrons. The van der Waals surface area contributed by atoms with Crippen LogP contribution in [-0.2, 0) is 6.18 Å². The molecule has 0 aromatic carbocycles. The molecule has 1 aromatic rings. The van der Waals surface area contributed by atoms with Gasteiger partial charge in [0.15, 0.2) is 12.0 Å². The van der Waals surface area contributed by atoms with E-state index in [1.165, 1.54) is 0 Å². The van der Waals surface area contributed by atoms with Crippen LogP contribution in [0.1, 0.15) is 28.0 Å². The zero-order valence-electron chi connectivity index (χ0n) is 7.36. The summed E-state index contributed by atoms with van der Waals surface area (Å²) < 4.78 is 73.7. The molecular formula is C8H3F6NO. The van der Waals surface area contributed by atoms with Gasteiger partial charge in [0, 0.05) is 5.56 Å². The standard InChI is InChI=1S/C8H3F6NO/c9-6(10)4-1-3(2-16)7(11)15-5(4)8(12,13)14/h1-2,6H. The first-order valence-electron chi connectivity index (χ1n) is 3.78. The molecule has 0 amide bonds. The van der Waals surface area contributed by atoms with Crippen molar-refractivity contribution in [3.05, 3.63) is 28.8 Å². The number of alkyl halides is 5. The Morgan fingerprint density at radius 2 is 1.88 bits per heavy atom. The summed E-state index contributed by atoms with van der Waals surface area (Å²) in [4.78, 5) is 12.5. The highest BCUT2D eigenvalue weighted by Crippen LogP contribution is 2.35. The summed E-state index contributed by atoms with van der Waals surface area (Å²) in [5.41, 5.74) is -4.48. The molecule has 2 nitrogen and oxygen atoms in total. The van der Waals surface area contributed by atoms with Crippen LogP contribution >= 0.6 is 0 Å². The fraction of sp³-hybridized carbons (Fsp3) is 0.250. The Hall–Kier alpha value is -1.60. The van der Waals surface area contributed by atoms with E-state index in [4.69, 9.17) is 0 Å². The van der Waals surface area contributed by atoms with Crippen LogP contribution in [0.4, 0.5) is 26.3 Å². The highest BCUT2D eigenvalue weighted by atomic mass is 19.4.